The summed E-state index contributed by atoms with van der Waals surface area (Å²) >= 11 is 0. The lowest BCUT2D eigenvalue weighted by molar-refractivity contribution is 0.116. The quantitative estimate of drug-likeness (QED) is 0.778. The van der Waals surface area contributed by atoms with Gasteiger partial charge >= 0.3 is 0 Å². The molecule has 1 aromatic rings. The molecule has 1 saturated carbocycles. The molecule has 0 radical (unpaired) electrons. The Kier molecular flexibility index (Phi) is 5.39. The number of hydrogen-bond acceptors (Lipinski definition) is 5. The molecule has 1 aliphatic carbocycles. The molecule has 0 bridgehead atoms. The fraction of sp³-hybridized carbons (Fsp3) is 0.750. The van der Waals surface area contributed by atoms with Crippen molar-refractivity contribution in [2.24, 2.45) is 0 Å². The molecule has 2 rings (SSSR count). The normalized spacial score (nSPS) is 22.4. The van der Waals surface area contributed by atoms with Crippen LogP contribution >= 0.6 is 0 Å². The molecule has 0 amide bonds. The van der Waals surface area contributed by atoms with Gasteiger partial charge in [0.25, 0.3) is 0 Å². The molecule has 0 spiro atoms. The second-order valence-electron chi connectivity index (χ2n) is 6.19. The number of anilines is 2. The van der Waals surface area contributed by atoms with E-state index in [-0.39, 0.29) is 18.1 Å². The van der Waals surface area contributed by atoms with Crippen LogP contribution in [0.1, 0.15) is 63.8 Å². The second kappa shape index (κ2) is 7.07. The molecule has 2 unspecified atom stereocenters. The van der Waals surface area contributed by atoms with Gasteiger partial charge in [0.1, 0.15) is 17.5 Å². The van der Waals surface area contributed by atoms with Crippen molar-refractivity contribution in [2.45, 2.75) is 71.4 Å². The van der Waals surface area contributed by atoms with Crippen LogP contribution in [0.3, 0.4) is 0 Å². The summed E-state index contributed by atoms with van der Waals surface area (Å²) in [7, 11) is 0. The number of aromatic nitrogens is 2. The molecule has 1 fully saturated rings. The zero-order chi connectivity index (χ0) is 15.4. The minimum absolute atomic E-state index is 0.0989. The third kappa shape index (κ3) is 3.84. The van der Waals surface area contributed by atoms with Crippen LogP contribution in [0.15, 0.2) is 0 Å². The van der Waals surface area contributed by atoms with Crippen LogP contribution in [0.5, 0.6) is 0 Å². The van der Waals surface area contributed by atoms with E-state index < -0.39 is 0 Å². The Morgan fingerprint density at radius 3 is 2.48 bits per heavy atom. The lowest BCUT2D eigenvalue weighted by Gasteiger charge is -2.29. The smallest absolute Gasteiger partial charge is 0.135 e. The van der Waals surface area contributed by atoms with Gasteiger partial charge < -0.3 is 15.7 Å². The van der Waals surface area contributed by atoms with E-state index in [0.717, 1.165) is 55.3 Å². The van der Waals surface area contributed by atoms with Crippen LogP contribution < -0.4 is 10.6 Å². The van der Waals surface area contributed by atoms with Crippen LogP contribution in [0, 0.1) is 6.92 Å². The highest BCUT2D eigenvalue weighted by Gasteiger charge is 2.24. The molecule has 5 heteroatoms. The van der Waals surface area contributed by atoms with Crippen molar-refractivity contribution in [2.75, 3.05) is 17.2 Å². The Bertz CT molecular complexity index is 476. The Balaban J connectivity index is 2.27. The van der Waals surface area contributed by atoms with E-state index in [9.17, 15) is 5.11 Å². The second-order valence-corrected chi connectivity index (χ2v) is 6.19. The lowest BCUT2D eigenvalue weighted by atomic mass is 9.92. The van der Waals surface area contributed by atoms with Gasteiger partial charge in [-0.3, -0.25) is 0 Å². The van der Waals surface area contributed by atoms with Gasteiger partial charge in [-0.05, 0) is 26.7 Å². The van der Waals surface area contributed by atoms with E-state index in [2.05, 4.69) is 41.4 Å². The van der Waals surface area contributed by atoms with Gasteiger partial charge in [0.05, 0.1) is 12.1 Å². The molecule has 3 N–H and O–H groups in total. The average Bonchev–Trinajstić information content (AvgIpc) is 2.45. The van der Waals surface area contributed by atoms with Crippen molar-refractivity contribution in [1.82, 2.24) is 9.97 Å². The Morgan fingerprint density at radius 1 is 1.19 bits per heavy atom. The molecule has 118 valence electrons. The van der Waals surface area contributed by atoms with Crippen molar-refractivity contribution in [1.29, 1.82) is 0 Å². The van der Waals surface area contributed by atoms with Crippen molar-refractivity contribution in [3.63, 3.8) is 0 Å². The van der Waals surface area contributed by atoms with Crippen LogP contribution in [0.2, 0.25) is 0 Å². The van der Waals surface area contributed by atoms with Crippen LogP contribution in [-0.4, -0.2) is 33.8 Å². The molecule has 2 atom stereocenters. The van der Waals surface area contributed by atoms with E-state index >= 15 is 0 Å². The number of rotatable bonds is 5. The highest BCUT2D eigenvalue weighted by atomic mass is 16.3. The van der Waals surface area contributed by atoms with Gasteiger partial charge in [-0.25, -0.2) is 9.97 Å². The van der Waals surface area contributed by atoms with Crippen molar-refractivity contribution >= 4 is 11.6 Å². The zero-order valence-electron chi connectivity index (χ0n) is 13.6. The van der Waals surface area contributed by atoms with E-state index in [1.807, 2.05) is 6.92 Å². The molecule has 1 aliphatic rings. The maximum atomic E-state index is 10.2. The average molecular weight is 292 g/mol. The van der Waals surface area contributed by atoms with Crippen molar-refractivity contribution in [3.05, 3.63) is 11.4 Å². The number of aliphatic hydroxyl groups excluding tert-OH is 1. The Labute approximate surface area is 127 Å². The predicted molar refractivity (Wildman–Crippen MR) is 86.9 cm³/mol. The number of nitrogens with zero attached hydrogens (tertiary/aromatic N) is 2. The number of hydrogen-bond donors (Lipinski definition) is 3. The van der Waals surface area contributed by atoms with Gasteiger partial charge in [0.15, 0.2) is 0 Å². The van der Waals surface area contributed by atoms with Gasteiger partial charge in [-0.1, -0.05) is 26.7 Å². The highest BCUT2D eigenvalue weighted by molar-refractivity contribution is 5.58. The molecule has 1 aromatic heterocycles. The Hall–Kier alpha value is -1.36. The molecular formula is C16H28N4O. The third-order valence-electron chi connectivity index (χ3n) is 4.08. The van der Waals surface area contributed by atoms with Crippen LogP contribution in [0.4, 0.5) is 11.6 Å². The third-order valence-corrected chi connectivity index (χ3v) is 4.08. The molecular weight excluding hydrogens is 264 g/mol. The molecule has 5 nitrogen and oxygen atoms in total. The van der Waals surface area contributed by atoms with E-state index in [1.54, 1.807) is 0 Å². The first-order valence-corrected chi connectivity index (χ1v) is 8.10. The summed E-state index contributed by atoms with van der Waals surface area (Å²) in [6, 6.07) is 0.0989. The largest absolute Gasteiger partial charge is 0.391 e. The summed E-state index contributed by atoms with van der Waals surface area (Å²) in [6.45, 7) is 9.12. The highest BCUT2D eigenvalue weighted by Crippen LogP contribution is 2.27. The first-order valence-electron chi connectivity index (χ1n) is 8.10. The van der Waals surface area contributed by atoms with Gasteiger partial charge in [0, 0.05) is 18.0 Å². The summed E-state index contributed by atoms with van der Waals surface area (Å²) in [5.41, 5.74) is 1.03. The molecule has 1 heterocycles. The fourth-order valence-corrected chi connectivity index (χ4v) is 2.73. The first-order chi connectivity index (χ1) is 10.0. The number of nitrogens with one attached hydrogen (secondary N) is 2. The summed E-state index contributed by atoms with van der Waals surface area (Å²) in [4.78, 5) is 9.28. The molecule has 21 heavy (non-hydrogen) atoms. The van der Waals surface area contributed by atoms with E-state index in [1.165, 1.54) is 0 Å². The summed E-state index contributed by atoms with van der Waals surface area (Å²) in [5, 5.41) is 16.9. The van der Waals surface area contributed by atoms with E-state index in [0.29, 0.717) is 0 Å². The minimum atomic E-state index is -0.279. The van der Waals surface area contributed by atoms with Gasteiger partial charge in [0.2, 0.25) is 0 Å². The minimum Gasteiger partial charge on any atom is -0.391 e. The SMILES string of the molecule is CCNc1nc(C(C)C)nc(NC2CCCCC2O)c1C. The number of aliphatic hydroxyl groups is 1. The summed E-state index contributed by atoms with van der Waals surface area (Å²) < 4.78 is 0. The lowest BCUT2D eigenvalue weighted by Crippen LogP contribution is -2.37. The predicted octanol–water partition coefficient (Wildman–Crippen LogP) is 3.06. The maximum absolute atomic E-state index is 10.2. The molecule has 0 saturated heterocycles. The van der Waals surface area contributed by atoms with E-state index in [4.69, 9.17) is 0 Å². The molecule has 0 aliphatic heterocycles. The maximum Gasteiger partial charge on any atom is 0.135 e. The fourth-order valence-electron chi connectivity index (χ4n) is 2.73. The zero-order valence-corrected chi connectivity index (χ0v) is 13.6. The van der Waals surface area contributed by atoms with Crippen LogP contribution in [-0.2, 0) is 0 Å². The first kappa shape index (κ1) is 16.0. The Morgan fingerprint density at radius 2 is 1.86 bits per heavy atom. The van der Waals surface area contributed by atoms with Crippen LogP contribution in [0.25, 0.3) is 0 Å². The van der Waals surface area contributed by atoms with Gasteiger partial charge in [-0.15, -0.1) is 0 Å². The van der Waals surface area contributed by atoms with Gasteiger partial charge in [-0.2, -0.15) is 0 Å². The molecule has 0 aromatic carbocycles. The summed E-state index contributed by atoms with van der Waals surface area (Å²) in [5.74, 6) is 2.86. The van der Waals surface area contributed by atoms with Crippen molar-refractivity contribution < 1.29 is 5.11 Å². The van der Waals surface area contributed by atoms with Crippen molar-refractivity contribution in [3.8, 4) is 0 Å². The summed E-state index contributed by atoms with van der Waals surface area (Å²) in [6.07, 6.45) is 3.87. The standard InChI is InChI=1S/C16H28N4O/c1-5-17-15-11(4)16(20-14(19-15)10(2)3)18-12-8-6-7-9-13(12)21/h10,12-13,21H,5-9H2,1-4H3,(H2,17,18,19,20). The monoisotopic (exact) mass is 292 g/mol. The topological polar surface area (TPSA) is 70.1 Å².